The van der Waals surface area contributed by atoms with Gasteiger partial charge in [-0.1, -0.05) is 163 Å². The molecule has 0 radical (unpaired) electrons. The van der Waals surface area contributed by atoms with Crippen molar-refractivity contribution in [3.8, 4) is 56.3 Å². The topological polar surface area (TPSA) is 77.0 Å². The zero-order chi connectivity index (χ0) is 50.2. The van der Waals surface area contributed by atoms with Gasteiger partial charge in [0.1, 0.15) is 29.1 Å². The van der Waals surface area contributed by atoms with E-state index in [0.717, 1.165) is 107 Å². The smallest absolute Gasteiger partial charge is 0.149 e. The van der Waals surface area contributed by atoms with Crippen LogP contribution in [0.5, 0.6) is 5.75 Å². The Labute approximate surface area is 418 Å². The quantitative estimate of drug-likeness (QED) is 0.186. The molecule has 0 saturated heterocycles. The van der Waals surface area contributed by atoms with Crippen molar-refractivity contribution >= 4 is 43.9 Å². The van der Waals surface area contributed by atoms with Crippen LogP contribution in [0, 0.1) is 0 Å². The van der Waals surface area contributed by atoms with Crippen LogP contribution in [0.25, 0.3) is 94.5 Å². The molecular weight excluding hydrogens is 869 g/mol. The first-order valence-corrected chi connectivity index (χ1v) is 25.4. The minimum Gasteiger partial charge on any atom is -0.507 e. The zero-order valence-electron chi connectivity index (χ0n) is 43.8. The predicted octanol–water partition coefficient (Wildman–Crippen LogP) is 17.5. The van der Waals surface area contributed by atoms with Gasteiger partial charge < -0.3 is 9.52 Å². The molecule has 0 aliphatic heterocycles. The molecule has 10 aromatic rings. The molecule has 0 fully saturated rings. The van der Waals surface area contributed by atoms with Crippen molar-refractivity contribution in [2.75, 3.05) is 0 Å². The number of furan rings is 1. The molecule has 3 aromatic heterocycles. The van der Waals surface area contributed by atoms with Crippen LogP contribution in [0.1, 0.15) is 131 Å². The Hall–Kier alpha value is -7.05. The summed E-state index contributed by atoms with van der Waals surface area (Å²) in [6, 6.07) is 45.8. The van der Waals surface area contributed by atoms with Crippen molar-refractivity contribution in [2.45, 2.75) is 130 Å². The molecule has 0 unspecified atom stereocenters. The summed E-state index contributed by atoms with van der Waals surface area (Å²) >= 11 is 0. The van der Waals surface area contributed by atoms with Gasteiger partial charge in [-0.15, -0.1) is 0 Å². The summed E-state index contributed by atoms with van der Waals surface area (Å²) in [6.45, 7) is 29.5. The Morgan fingerprint density at radius 1 is 0.549 bits per heavy atom. The van der Waals surface area contributed by atoms with E-state index in [-0.39, 0.29) is 32.8 Å². The Kier molecular flexibility index (Phi) is 10.4. The number of para-hydroxylation sites is 2. The number of benzene rings is 7. The maximum atomic E-state index is 12.7. The highest BCUT2D eigenvalue weighted by Gasteiger charge is 2.38. The van der Waals surface area contributed by atoms with Gasteiger partial charge in [-0.05, 0) is 128 Å². The van der Waals surface area contributed by atoms with E-state index in [1.807, 2.05) is 12.1 Å². The SMILES string of the molecule is CC(C)(C)c1ccc(-n2c(-c3cc(C(C)(C)C)cc(C(C)(C)C)c3O)nc3c(-c4cc(-c5ncnc6cc7c(cc56)C(C)(C)CCC7(C)C)c5oc6ccccc6c5c4)cccc32)c(-c2ccccc2)c1. The van der Waals surface area contributed by atoms with Gasteiger partial charge in [-0.3, -0.25) is 4.57 Å². The zero-order valence-corrected chi connectivity index (χ0v) is 43.8. The van der Waals surface area contributed by atoms with Gasteiger partial charge in [0.2, 0.25) is 0 Å². The standard InChI is InChI=1S/C65H66N4O2/c1-61(2,3)40-26-27-53(44(32-40)38-20-15-14-16-21-38)69-54-24-19-23-42(57(54)68-60(69)48-33-41(62(4,5)6)34-51(58(48)70)63(7,8)9)39-30-45-43-22-17-18-25-55(43)71-59(45)47(31-39)56-46-35-49-50(36-52(46)66-37-67-56)65(12,13)29-28-64(49,10)11/h14-27,30-37,70H,28-29H2,1-13H3. The Morgan fingerprint density at radius 2 is 1.23 bits per heavy atom. The Morgan fingerprint density at radius 3 is 1.93 bits per heavy atom. The summed E-state index contributed by atoms with van der Waals surface area (Å²) < 4.78 is 9.15. The number of imidazole rings is 1. The van der Waals surface area contributed by atoms with E-state index in [9.17, 15) is 5.11 Å². The minimum atomic E-state index is -0.346. The van der Waals surface area contributed by atoms with E-state index < -0.39 is 0 Å². The lowest BCUT2D eigenvalue weighted by atomic mass is 9.63. The van der Waals surface area contributed by atoms with Crippen molar-refractivity contribution in [3.05, 3.63) is 162 Å². The predicted molar refractivity (Wildman–Crippen MR) is 296 cm³/mol. The highest BCUT2D eigenvalue weighted by Crippen LogP contribution is 2.50. The average molecular weight is 935 g/mol. The van der Waals surface area contributed by atoms with Crippen LogP contribution in [0.3, 0.4) is 0 Å². The van der Waals surface area contributed by atoms with Gasteiger partial charge in [0, 0.05) is 38.4 Å². The van der Waals surface area contributed by atoms with Crippen LogP contribution in [0.15, 0.2) is 138 Å². The molecule has 3 heterocycles. The van der Waals surface area contributed by atoms with Crippen LogP contribution in [-0.2, 0) is 27.1 Å². The van der Waals surface area contributed by atoms with E-state index in [0.29, 0.717) is 11.4 Å². The monoisotopic (exact) mass is 935 g/mol. The summed E-state index contributed by atoms with van der Waals surface area (Å²) in [7, 11) is 0. The molecule has 1 aliphatic carbocycles. The number of rotatable bonds is 5. The number of aromatic hydroxyl groups is 1. The fourth-order valence-corrected chi connectivity index (χ4v) is 11.1. The van der Waals surface area contributed by atoms with Gasteiger partial charge in [0.25, 0.3) is 0 Å². The third-order valence-electron chi connectivity index (χ3n) is 15.6. The maximum Gasteiger partial charge on any atom is 0.149 e. The van der Waals surface area contributed by atoms with E-state index >= 15 is 0 Å². The van der Waals surface area contributed by atoms with Crippen LogP contribution in [0.2, 0.25) is 0 Å². The molecule has 358 valence electrons. The van der Waals surface area contributed by atoms with Crippen LogP contribution in [0.4, 0.5) is 0 Å². The summed E-state index contributed by atoms with van der Waals surface area (Å²) in [6.07, 6.45) is 3.93. The number of fused-ring (bicyclic) bond motifs is 6. The largest absolute Gasteiger partial charge is 0.507 e. The molecule has 0 saturated carbocycles. The molecule has 0 amide bonds. The molecular formula is C65H66N4O2. The summed E-state index contributed by atoms with van der Waals surface area (Å²) in [5.74, 6) is 0.920. The number of hydrogen-bond donors (Lipinski definition) is 1. The maximum absolute atomic E-state index is 12.7. The fraction of sp³-hybridized carbons (Fsp3) is 0.308. The molecule has 6 nitrogen and oxygen atoms in total. The lowest BCUT2D eigenvalue weighted by molar-refractivity contribution is 0.332. The molecule has 0 spiro atoms. The third kappa shape index (κ3) is 7.73. The van der Waals surface area contributed by atoms with Crippen molar-refractivity contribution in [3.63, 3.8) is 0 Å². The van der Waals surface area contributed by atoms with Crippen molar-refractivity contribution in [1.82, 2.24) is 19.5 Å². The molecule has 71 heavy (non-hydrogen) atoms. The Balaban J connectivity index is 1.25. The molecule has 6 heteroatoms. The highest BCUT2D eigenvalue weighted by atomic mass is 16.3. The fourth-order valence-electron chi connectivity index (χ4n) is 11.1. The second kappa shape index (κ2) is 16.0. The van der Waals surface area contributed by atoms with Gasteiger partial charge in [-0.25, -0.2) is 15.0 Å². The van der Waals surface area contributed by atoms with E-state index in [1.54, 1.807) is 6.33 Å². The molecule has 1 N–H and O–H groups in total. The average Bonchev–Trinajstić information content (AvgIpc) is 3.90. The van der Waals surface area contributed by atoms with Crippen LogP contribution in [-0.4, -0.2) is 24.6 Å². The lowest BCUT2D eigenvalue weighted by Gasteiger charge is -2.42. The number of aromatic nitrogens is 4. The molecule has 1 aliphatic rings. The van der Waals surface area contributed by atoms with Gasteiger partial charge in [0.05, 0.1) is 33.5 Å². The molecule has 7 aromatic carbocycles. The highest BCUT2D eigenvalue weighted by molar-refractivity contribution is 6.14. The van der Waals surface area contributed by atoms with Gasteiger partial charge in [-0.2, -0.15) is 0 Å². The number of phenolic OH excluding ortho intramolecular Hbond substituents is 1. The molecule has 0 atom stereocenters. The summed E-state index contributed by atoms with van der Waals surface area (Å²) in [5.41, 5.74) is 17.2. The van der Waals surface area contributed by atoms with Crippen molar-refractivity contribution in [2.24, 2.45) is 0 Å². The minimum absolute atomic E-state index is 0.00319. The number of nitrogens with zero attached hydrogens (tertiary/aromatic N) is 4. The molecule has 11 rings (SSSR count). The van der Waals surface area contributed by atoms with Gasteiger partial charge >= 0.3 is 0 Å². The van der Waals surface area contributed by atoms with E-state index in [2.05, 4.69) is 210 Å². The van der Waals surface area contributed by atoms with E-state index in [4.69, 9.17) is 19.4 Å². The lowest BCUT2D eigenvalue weighted by Crippen LogP contribution is -2.33. The normalized spacial score (nSPS) is 15.0. The van der Waals surface area contributed by atoms with Crippen LogP contribution >= 0.6 is 0 Å². The summed E-state index contributed by atoms with van der Waals surface area (Å²) in [5, 5.41) is 15.7. The molecule has 0 bridgehead atoms. The number of hydrogen-bond acceptors (Lipinski definition) is 5. The second-order valence-electron chi connectivity index (χ2n) is 24.6. The van der Waals surface area contributed by atoms with Gasteiger partial charge in [0.15, 0.2) is 0 Å². The first-order chi connectivity index (χ1) is 33.5. The first-order valence-electron chi connectivity index (χ1n) is 25.4. The summed E-state index contributed by atoms with van der Waals surface area (Å²) in [4.78, 5) is 15.8. The van der Waals surface area contributed by atoms with Crippen molar-refractivity contribution in [1.29, 1.82) is 0 Å². The van der Waals surface area contributed by atoms with Crippen LogP contribution < -0.4 is 0 Å². The first kappa shape index (κ1) is 46.3. The second-order valence-corrected chi connectivity index (χ2v) is 24.6. The third-order valence-corrected chi connectivity index (χ3v) is 15.6. The van der Waals surface area contributed by atoms with E-state index in [1.165, 1.54) is 16.7 Å². The Bertz CT molecular complexity index is 3770. The number of phenols is 1. The van der Waals surface area contributed by atoms with Crippen molar-refractivity contribution < 1.29 is 9.52 Å².